The third-order valence-electron chi connectivity index (χ3n) is 2.90. The minimum absolute atomic E-state index is 0.110. The van der Waals surface area contributed by atoms with Crippen molar-refractivity contribution in [2.75, 3.05) is 12.8 Å². The van der Waals surface area contributed by atoms with E-state index in [-0.39, 0.29) is 6.10 Å². The number of benzene rings is 1. The monoisotopic (exact) mass is 228 g/mol. The van der Waals surface area contributed by atoms with E-state index in [1.807, 2.05) is 13.0 Å². The van der Waals surface area contributed by atoms with E-state index in [2.05, 4.69) is 29.2 Å². The van der Waals surface area contributed by atoms with Gasteiger partial charge in [-0.1, -0.05) is 24.3 Å². The predicted octanol–water partition coefficient (Wildman–Crippen LogP) is 3.04. The van der Waals surface area contributed by atoms with Crippen molar-refractivity contribution >= 4 is 5.69 Å². The van der Waals surface area contributed by atoms with Crippen LogP contribution in [0.2, 0.25) is 0 Å². The molecule has 0 unspecified atom stereocenters. The van der Waals surface area contributed by atoms with Gasteiger partial charge in [-0.05, 0) is 24.1 Å². The molecule has 0 aliphatic rings. The van der Waals surface area contributed by atoms with Crippen LogP contribution in [-0.4, -0.2) is 12.1 Å². The molecule has 2 rings (SSSR count). The van der Waals surface area contributed by atoms with Crippen molar-refractivity contribution in [2.24, 2.45) is 0 Å². The molecule has 3 nitrogen and oxygen atoms in total. The summed E-state index contributed by atoms with van der Waals surface area (Å²) in [5.74, 6) is 0. The highest BCUT2D eigenvalue weighted by molar-refractivity contribution is 5.75. The van der Waals surface area contributed by atoms with Crippen molar-refractivity contribution in [3.8, 4) is 11.1 Å². The van der Waals surface area contributed by atoms with Gasteiger partial charge in [-0.15, -0.1) is 0 Å². The highest BCUT2D eigenvalue weighted by atomic mass is 16.5. The Labute approximate surface area is 101 Å². The molecule has 2 N–H and O–H groups in total. The van der Waals surface area contributed by atoms with Crippen LogP contribution in [0.15, 0.2) is 42.7 Å². The Morgan fingerprint density at radius 1 is 1.18 bits per heavy atom. The lowest BCUT2D eigenvalue weighted by Crippen LogP contribution is -1.95. The number of hydrogen-bond acceptors (Lipinski definition) is 3. The second-order valence-corrected chi connectivity index (χ2v) is 3.96. The molecule has 0 aliphatic heterocycles. The normalized spacial score (nSPS) is 12.4. The molecule has 0 saturated carbocycles. The van der Waals surface area contributed by atoms with Crippen molar-refractivity contribution < 1.29 is 4.74 Å². The van der Waals surface area contributed by atoms with Crippen LogP contribution in [0.3, 0.4) is 0 Å². The van der Waals surface area contributed by atoms with Crippen LogP contribution < -0.4 is 5.73 Å². The number of nitrogen functional groups attached to an aromatic ring is 1. The van der Waals surface area contributed by atoms with Gasteiger partial charge in [0.1, 0.15) is 0 Å². The number of rotatable bonds is 3. The fourth-order valence-corrected chi connectivity index (χ4v) is 1.74. The predicted molar refractivity (Wildman–Crippen MR) is 69.5 cm³/mol. The molecule has 0 fully saturated rings. The van der Waals surface area contributed by atoms with Crippen LogP contribution >= 0.6 is 0 Å². The van der Waals surface area contributed by atoms with E-state index in [0.29, 0.717) is 5.69 Å². The quantitative estimate of drug-likeness (QED) is 0.878. The van der Waals surface area contributed by atoms with Gasteiger partial charge >= 0.3 is 0 Å². The van der Waals surface area contributed by atoms with Gasteiger partial charge in [0.2, 0.25) is 0 Å². The number of hydrogen-bond donors (Lipinski definition) is 1. The number of anilines is 1. The Morgan fingerprint density at radius 3 is 2.47 bits per heavy atom. The summed E-state index contributed by atoms with van der Waals surface area (Å²) >= 11 is 0. The van der Waals surface area contributed by atoms with Crippen molar-refractivity contribution in [3.05, 3.63) is 48.3 Å². The average Bonchev–Trinajstić information content (AvgIpc) is 2.39. The zero-order chi connectivity index (χ0) is 12.3. The van der Waals surface area contributed by atoms with E-state index < -0.39 is 0 Å². The fourth-order valence-electron chi connectivity index (χ4n) is 1.74. The van der Waals surface area contributed by atoms with Crippen molar-refractivity contribution in [1.29, 1.82) is 0 Å². The lowest BCUT2D eigenvalue weighted by atomic mass is 10.0. The fraction of sp³-hybridized carbons (Fsp3) is 0.214. The number of ether oxygens (including phenoxy) is 1. The van der Waals surface area contributed by atoms with Gasteiger partial charge in [-0.3, -0.25) is 4.98 Å². The summed E-state index contributed by atoms with van der Waals surface area (Å²) in [6.45, 7) is 2.02. The molecule has 0 amide bonds. The number of nitrogens with zero attached hydrogens (tertiary/aromatic N) is 1. The summed E-state index contributed by atoms with van der Waals surface area (Å²) < 4.78 is 5.27. The highest BCUT2D eigenvalue weighted by Gasteiger charge is 2.05. The summed E-state index contributed by atoms with van der Waals surface area (Å²) in [6.07, 6.45) is 3.53. The van der Waals surface area contributed by atoms with E-state index in [9.17, 15) is 0 Å². The summed E-state index contributed by atoms with van der Waals surface area (Å²) in [5.41, 5.74) is 9.85. The molecule has 0 bridgehead atoms. The minimum Gasteiger partial charge on any atom is -0.397 e. The van der Waals surface area contributed by atoms with Gasteiger partial charge in [-0.2, -0.15) is 0 Å². The van der Waals surface area contributed by atoms with Gasteiger partial charge in [0, 0.05) is 18.9 Å². The van der Waals surface area contributed by atoms with E-state index >= 15 is 0 Å². The third-order valence-corrected chi connectivity index (χ3v) is 2.90. The molecule has 0 aliphatic carbocycles. The van der Waals surface area contributed by atoms with Gasteiger partial charge in [0.25, 0.3) is 0 Å². The summed E-state index contributed by atoms with van der Waals surface area (Å²) in [5, 5.41) is 0. The van der Waals surface area contributed by atoms with E-state index in [0.717, 1.165) is 16.7 Å². The summed E-state index contributed by atoms with van der Waals surface area (Å²) in [4.78, 5) is 3.98. The number of nitrogens with two attached hydrogens (primary N) is 1. The maximum atomic E-state index is 5.89. The highest BCUT2D eigenvalue weighted by Crippen LogP contribution is 2.26. The second-order valence-electron chi connectivity index (χ2n) is 3.96. The zero-order valence-corrected chi connectivity index (χ0v) is 10.1. The lowest BCUT2D eigenvalue weighted by Gasteiger charge is -2.11. The average molecular weight is 228 g/mol. The Kier molecular flexibility index (Phi) is 3.40. The standard InChI is InChI=1S/C14H16N2O/c1-10(17-2)11-3-5-12(6-4-11)13-7-8-16-9-14(13)15/h3-10H,15H2,1-2H3/t10-/m0/s1. The third kappa shape index (κ3) is 2.45. The molecule has 1 aromatic carbocycles. The first kappa shape index (κ1) is 11.6. The van der Waals surface area contributed by atoms with Crippen LogP contribution in [0, 0.1) is 0 Å². The Bertz CT molecular complexity index is 494. The topological polar surface area (TPSA) is 48.1 Å². The molecule has 88 valence electrons. The van der Waals surface area contributed by atoms with Crippen molar-refractivity contribution in [1.82, 2.24) is 4.98 Å². The Hall–Kier alpha value is -1.87. The maximum absolute atomic E-state index is 5.89. The van der Waals surface area contributed by atoms with E-state index in [4.69, 9.17) is 10.5 Å². The summed E-state index contributed by atoms with van der Waals surface area (Å²) in [7, 11) is 1.71. The van der Waals surface area contributed by atoms with Crippen molar-refractivity contribution in [2.45, 2.75) is 13.0 Å². The smallest absolute Gasteiger partial charge is 0.0793 e. The largest absolute Gasteiger partial charge is 0.397 e. The van der Waals surface area contributed by atoms with Crippen LogP contribution in [-0.2, 0) is 4.74 Å². The Balaban J connectivity index is 2.33. The molecule has 0 radical (unpaired) electrons. The molecule has 17 heavy (non-hydrogen) atoms. The lowest BCUT2D eigenvalue weighted by molar-refractivity contribution is 0.119. The summed E-state index contributed by atoms with van der Waals surface area (Å²) in [6, 6.07) is 10.1. The SMILES string of the molecule is CO[C@@H](C)c1ccc(-c2ccncc2N)cc1. The maximum Gasteiger partial charge on any atom is 0.0793 e. The molecule has 1 aromatic heterocycles. The number of aromatic nitrogens is 1. The molecular weight excluding hydrogens is 212 g/mol. The van der Waals surface area contributed by atoms with Crippen LogP contribution in [0.4, 0.5) is 5.69 Å². The molecule has 2 aromatic rings. The molecule has 1 heterocycles. The first-order chi connectivity index (χ1) is 8.22. The van der Waals surface area contributed by atoms with E-state index in [1.54, 1.807) is 19.5 Å². The Morgan fingerprint density at radius 2 is 1.88 bits per heavy atom. The van der Waals surface area contributed by atoms with Gasteiger partial charge < -0.3 is 10.5 Å². The van der Waals surface area contributed by atoms with Crippen molar-refractivity contribution in [3.63, 3.8) is 0 Å². The van der Waals surface area contributed by atoms with Crippen LogP contribution in [0.25, 0.3) is 11.1 Å². The van der Waals surface area contributed by atoms with Gasteiger partial charge in [-0.25, -0.2) is 0 Å². The molecule has 0 spiro atoms. The van der Waals surface area contributed by atoms with Gasteiger partial charge in [0.05, 0.1) is 18.0 Å². The molecule has 0 saturated heterocycles. The molecule has 1 atom stereocenters. The number of methoxy groups -OCH3 is 1. The zero-order valence-electron chi connectivity index (χ0n) is 10.1. The first-order valence-electron chi connectivity index (χ1n) is 5.55. The van der Waals surface area contributed by atoms with E-state index in [1.165, 1.54) is 0 Å². The number of pyridine rings is 1. The minimum atomic E-state index is 0.110. The molecule has 3 heteroatoms. The van der Waals surface area contributed by atoms with Crippen LogP contribution in [0.5, 0.6) is 0 Å². The van der Waals surface area contributed by atoms with Crippen LogP contribution in [0.1, 0.15) is 18.6 Å². The second kappa shape index (κ2) is 4.97. The first-order valence-corrected chi connectivity index (χ1v) is 5.55. The molecular formula is C14H16N2O. The van der Waals surface area contributed by atoms with Gasteiger partial charge in [0.15, 0.2) is 0 Å².